The fourth-order valence-corrected chi connectivity index (χ4v) is 4.45. The number of hydrogen-bond acceptors (Lipinski definition) is 3. The molecule has 4 nitrogen and oxygen atoms in total. The number of aryl methyl sites for hydroxylation is 3. The molecule has 3 aromatic rings. The quantitative estimate of drug-likeness (QED) is 0.289. The highest BCUT2D eigenvalue weighted by Gasteiger charge is 2.20. The van der Waals surface area contributed by atoms with E-state index in [9.17, 15) is 9.59 Å². The summed E-state index contributed by atoms with van der Waals surface area (Å²) in [5.74, 6) is 0.816. The Hall–Kier alpha value is -3.11. The number of nitrogens with one attached hydrogen (secondary N) is 1. The van der Waals surface area contributed by atoms with Gasteiger partial charge in [0.15, 0.2) is 0 Å². The van der Waals surface area contributed by atoms with Crippen molar-refractivity contribution in [1.82, 2.24) is 5.32 Å². The van der Waals surface area contributed by atoms with E-state index in [1.54, 1.807) is 6.07 Å². The lowest BCUT2D eigenvalue weighted by atomic mass is 9.93. The first-order valence-electron chi connectivity index (χ1n) is 12.1. The Kier molecular flexibility index (Phi) is 9.50. The van der Waals surface area contributed by atoms with E-state index < -0.39 is 0 Å². The van der Waals surface area contributed by atoms with Crippen molar-refractivity contribution in [2.45, 2.75) is 59.6 Å². The minimum Gasteiger partial charge on any atom is -0.489 e. The molecule has 35 heavy (non-hydrogen) atoms. The number of rotatable bonds is 11. The topological polar surface area (TPSA) is 55.4 Å². The van der Waals surface area contributed by atoms with Gasteiger partial charge >= 0.3 is 0 Å². The van der Waals surface area contributed by atoms with E-state index >= 15 is 0 Å². The van der Waals surface area contributed by atoms with Crippen LogP contribution in [0.1, 0.15) is 70.9 Å². The summed E-state index contributed by atoms with van der Waals surface area (Å²) in [4.78, 5) is 24.6. The van der Waals surface area contributed by atoms with Gasteiger partial charge in [0.2, 0.25) is 0 Å². The summed E-state index contributed by atoms with van der Waals surface area (Å²) in [5, 5.41) is 3.90. The van der Waals surface area contributed by atoms with E-state index in [0.717, 1.165) is 29.4 Å². The molecule has 0 spiro atoms. The van der Waals surface area contributed by atoms with Crippen molar-refractivity contribution in [2.75, 3.05) is 0 Å². The van der Waals surface area contributed by atoms with Crippen LogP contribution in [-0.4, -0.2) is 12.2 Å². The molecule has 0 aliphatic carbocycles. The van der Waals surface area contributed by atoms with Gasteiger partial charge in [-0.15, -0.1) is 0 Å². The largest absolute Gasteiger partial charge is 0.489 e. The number of hydrogen-bond donors (Lipinski definition) is 1. The van der Waals surface area contributed by atoms with Gasteiger partial charge in [-0.25, -0.2) is 0 Å². The summed E-state index contributed by atoms with van der Waals surface area (Å²) in [6, 6.07) is 19.3. The van der Waals surface area contributed by atoms with Crippen molar-refractivity contribution in [3.8, 4) is 5.75 Å². The maximum atomic E-state index is 13.6. The monoisotopic (exact) mass is 491 g/mol. The van der Waals surface area contributed by atoms with E-state index in [2.05, 4.69) is 51.2 Å². The van der Waals surface area contributed by atoms with E-state index in [1.165, 1.54) is 11.1 Å². The van der Waals surface area contributed by atoms with Crippen LogP contribution in [0.25, 0.3) is 0 Å². The van der Waals surface area contributed by atoms with Gasteiger partial charge in [-0.05, 0) is 61.9 Å². The van der Waals surface area contributed by atoms with Crippen LogP contribution in [0.2, 0.25) is 5.02 Å². The smallest absolute Gasteiger partial charge is 0.252 e. The average molecular weight is 492 g/mol. The Morgan fingerprint density at radius 1 is 1.00 bits per heavy atom. The van der Waals surface area contributed by atoms with Crippen molar-refractivity contribution in [2.24, 2.45) is 5.92 Å². The molecule has 1 N–H and O–H groups in total. The highest BCUT2D eigenvalue weighted by molar-refractivity contribution is 6.31. The Labute approximate surface area is 213 Å². The highest BCUT2D eigenvalue weighted by atomic mass is 35.5. The van der Waals surface area contributed by atoms with Gasteiger partial charge in [-0.3, -0.25) is 4.79 Å². The number of carbonyl (C=O) groups excluding carboxylic acids is 2. The Balaban J connectivity index is 1.88. The molecule has 0 heterocycles. The van der Waals surface area contributed by atoms with Gasteiger partial charge in [0.1, 0.15) is 18.6 Å². The van der Waals surface area contributed by atoms with E-state index in [-0.39, 0.29) is 11.9 Å². The molecule has 3 aromatic carbocycles. The van der Waals surface area contributed by atoms with Gasteiger partial charge in [-0.1, -0.05) is 79.0 Å². The summed E-state index contributed by atoms with van der Waals surface area (Å²) < 4.78 is 5.97. The Morgan fingerprint density at radius 2 is 1.71 bits per heavy atom. The molecule has 0 aliphatic heterocycles. The number of benzene rings is 3. The molecular formula is C30H34ClNO3. The fraction of sp³-hybridized carbons (Fsp3) is 0.333. The van der Waals surface area contributed by atoms with Crippen molar-refractivity contribution in [3.63, 3.8) is 0 Å². The fourth-order valence-electron chi connectivity index (χ4n) is 4.26. The summed E-state index contributed by atoms with van der Waals surface area (Å²) in [6.07, 6.45) is 2.55. The lowest BCUT2D eigenvalue weighted by Gasteiger charge is -2.23. The zero-order valence-electron chi connectivity index (χ0n) is 20.9. The van der Waals surface area contributed by atoms with Crippen LogP contribution < -0.4 is 10.1 Å². The van der Waals surface area contributed by atoms with Crippen molar-refractivity contribution in [1.29, 1.82) is 0 Å². The minimum atomic E-state index is -0.168. The molecule has 1 amide bonds. The predicted octanol–water partition coefficient (Wildman–Crippen LogP) is 7.18. The molecular weight excluding hydrogens is 458 g/mol. The van der Waals surface area contributed by atoms with Crippen LogP contribution in [0.4, 0.5) is 0 Å². The maximum Gasteiger partial charge on any atom is 0.252 e. The van der Waals surface area contributed by atoms with Gasteiger partial charge in [-0.2, -0.15) is 0 Å². The number of ether oxygens (including phenoxy) is 1. The second kappa shape index (κ2) is 12.6. The third kappa shape index (κ3) is 7.69. The number of aldehydes is 1. The third-order valence-electron chi connectivity index (χ3n) is 5.87. The van der Waals surface area contributed by atoms with Crippen LogP contribution in [0.5, 0.6) is 5.75 Å². The first-order valence-corrected chi connectivity index (χ1v) is 12.5. The third-order valence-corrected chi connectivity index (χ3v) is 6.24. The number of amides is 1. The normalized spacial score (nSPS) is 11.8. The molecule has 184 valence electrons. The Bertz CT molecular complexity index is 1150. The van der Waals surface area contributed by atoms with Crippen LogP contribution in [-0.2, 0) is 17.8 Å². The number of halogens is 1. The molecule has 0 saturated heterocycles. The van der Waals surface area contributed by atoms with Crippen molar-refractivity contribution < 1.29 is 14.3 Å². The van der Waals surface area contributed by atoms with Crippen LogP contribution >= 0.6 is 11.6 Å². The summed E-state index contributed by atoms with van der Waals surface area (Å²) in [6.45, 7) is 8.75. The van der Waals surface area contributed by atoms with Gasteiger partial charge in [0.05, 0.1) is 6.04 Å². The summed E-state index contributed by atoms with van der Waals surface area (Å²) in [7, 11) is 0. The summed E-state index contributed by atoms with van der Waals surface area (Å²) >= 11 is 6.26. The lowest BCUT2D eigenvalue weighted by molar-refractivity contribution is -0.107. The van der Waals surface area contributed by atoms with E-state index in [0.29, 0.717) is 41.7 Å². The first kappa shape index (κ1) is 26.5. The molecule has 5 heteroatoms. The maximum absolute atomic E-state index is 13.6. The molecule has 0 bridgehead atoms. The molecule has 1 unspecified atom stereocenters. The van der Waals surface area contributed by atoms with E-state index in [4.69, 9.17) is 16.3 Å². The van der Waals surface area contributed by atoms with Crippen molar-refractivity contribution >= 4 is 23.8 Å². The zero-order chi connectivity index (χ0) is 25.4. The molecule has 0 aliphatic rings. The second-order valence-corrected chi connectivity index (χ2v) is 9.89. The lowest BCUT2D eigenvalue weighted by Crippen LogP contribution is -2.30. The van der Waals surface area contributed by atoms with Crippen LogP contribution in [0.3, 0.4) is 0 Å². The minimum absolute atomic E-state index is 0.118. The average Bonchev–Trinajstić information content (AvgIpc) is 2.81. The second-order valence-electron chi connectivity index (χ2n) is 9.48. The molecule has 3 rings (SSSR count). The van der Waals surface area contributed by atoms with E-state index in [1.807, 2.05) is 36.4 Å². The van der Waals surface area contributed by atoms with Crippen LogP contribution in [0, 0.1) is 19.8 Å². The van der Waals surface area contributed by atoms with Crippen LogP contribution in [0.15, 0.2) is 60.7 Å². The first-order chi connectivity index (χ1) is 16.8. The summed E-state index contributed by atoms with van der Waals surface area (Å²) in [5.41, 5.74) is 5.67. The molecule has 0 saturated carbocycles. The predicted molar refractivity (Wildman–Crippen MR) is 142 cm³/mol. The number of carbonyl (C=O) groups is 2. The Morgan fingerprint density at radius 3 is 2.37 bits per heavy atom. The standard InChI is InChI=1S/C30H34ClNO3/c1-20(2)14-29(25-16-21(3)15-22(4)17-25)32-30(34)27-18-26(12-11-23(27)9-7-13-33)35-19-24-8-5-6-10-28(24)31/h5-6,8,10-13,15-18,20,29H,7,9,14,19H2,1-4H3,(H,32,34). The van der Waals surface area contributed by atoms with Gasteiger partial charge in [0.25, 0.3) is 5.91 Å². The van der Waals surface area contributed by atoms with Gasteiger partial charge < -0.3 is 14.8 Å². The van der Waals surface area contributed by atoms with Gasteiger partial charge in [0, 0.05) is 22.6 Å². The SMILES string of the molecule is Cc1cc(C)cc(C(CC(C)C)NC(=O)c2cc(OCc3ccccc3Cl)ccc2CCC=O)c1. The molecule has 0 radical (unpaired) electrons. The zero-order valence-corrected chi connectivity index (χ0v) is 21.7. The highest BCUT2D eigenvalue weighted by Crippen LogP contribution is 2.26. The molecule has 0 fully saturated rings. The molecule has 0 aromatic heterocycles. The van der Waals surface area contributed by atoms with Crippen molar-refractivity contribution in [3.05, 3.63) is 99.1 Å². The molecule has 1 atom stereocenters.